The number of hydrogen-bond acceptors (Lipinski definition) is 4. The number of benzene rings is 1. The van der Waals surface area contributed by atoms with Crippen LogP contribution in [0.15, 0.2) is 30.3 Å². The van der Waals surface area contributed by atoms with E-state index in [0.717, 1.165) is 19.6 Å². The van der Waals surface area contributed by atoms with Crippen molar-refractivity contribution in [3.8, 4) is 0 Å². The van der Waals surface area contributed by atoms with Crippen LogP contribution in [0.2, 0.25) is 0 Å². The second-order valence-electron chi connectivity index (χ2n) is 5.11. The summed E-state index contributed by atoms with van der Waals surface area (Å²) in [4.78, 5) is 2.38. The minimum atomic E-state index is 0.166. The summed E-state index contributed by atoms with van der Waals surface area (Å²) in [7, 11) is 3.50. The van der Waals surface area contributed by atoms with E-state index in [2.05, 4.69) is 29.2 Å². The zero-order valence-electron chi connectivity index (χ0n) is 11.8. The van der Waals surface area contributed by atoms with Crippen LogP contribution >= 0.6 is 0 Å². The maximum Gasteiger partial charge on any atom is 0.0971 e. The fourth-order valence-electron chi connectivity index (χ4n) is 2.77. The third-order valence-corrected chi connectivity index (χ3v) is 3.93. The summed E-state index contributed by atoms with van der Waals surface area (Å²) in [5, 5.41) is 0. The lowest BCUT2D eigenvalue weighted by Gasteiger charge is -2.22. The highest BCUT2D eigenvalue weighted by Gasteiger charge is 2.33. The molecular weight excluding hydrogens is 240 g/mol. The maximum absolute atomic E-state index is 5.93. The van der Waals surface area contributed by atoms with Gasteiger partial charge in [-0.2, -0.15) is 0 Å². The van der Waals surface area contributed by atoms with Crippen LogP contribution in [0.5, 0.6) is 0 Å². The molecule has 1 saturated heterocycles. The van der Waals surface area contributed by atoms with E-state index in [4.69, 9.17) is 15.2 Å². The summed E-state index contributed by atoms with van der Waals surface area (Å²) in [6.07, 6.45) is 0.332. The van der Waals surface area contributed by atoms with Gasteiger partial charge in [0, 0.05) is 46.3 Å². The highest BCUT2D eigenvalue weighted by molar-refractivity contribution is 5.20. The van der Waals surface area contributed by atoms with Crippen molar-refractivity contribution in [1.82, 2.24) is 4.90 Å². The first-order chi connectivity index (χ1) is 9.28. The summed E-state index contributed by atoms with van der Waals surface area (Å²) in [6, 6.07) is 10.5. The molecule has 1 heterocycles. The standard InChI is InChI=1S/C15H24N2O2/c1-18-14-10-17(11-15(14)19-2)9-13(8-16)12-6-4-3-5-7-12/h3-7,13-15H,8-11,16H2,1-2H3. The van der Waals surface area contributed by atoms with Gasteiger partial charge in [-0.05, 0) is 5.56 Å². The molecular formula is C15H24N2O2. The Morgan fingerprint density at radius 3 is 2.21 bits per heavy atom. The molecule has 1 aromatic rings. The number of hydrogen-bond donors (Lipinski definition) is 1. The van der Waals surface area contributed by atoms with Crippen LogP contribution in [0.1, 0.15) is 11.5 Å². The van der Waals surface area contributed by atoms with Crippen molar-refractivity contribution in [3.05, 3.63) is 35.9 Å². The first-order valence-electron chi connectivity index (χ1n) is 6.81. The lowest BCUT2D eigenvalue weighted by molar-refractivity contribution is -0.00461. The summed E-state index contributed by atoms with van der Waals surface area (Å²) in [5.41, 5.74) is 7.23. The van der Waals surface area contributed by atoms with E-state index < -0.39 is 0 Å². The van der Waals surface area contributed by atoms with Crippen LogP contribution in [0.3, 0.4) is 0 Å². The molecule has 1 aromatic carbocycles. The van der Waals surface area contributed by atoms with Gasteiger partial charge in [0.15, 0.2) is 0 Å². The van der Waals surface area contributed by atoms with E-state index in [0.29, 0.717) is 12.5 Å². The van der Waals surface area contributed by atoms with Gasteiger partial charge in [-0.1, -0.05) is 30.3 Å². The normalized spacial score (nSPS) is 25.6. The van der Waals surface area contributed by atoms with Crippen molar-refractivity contribution >= 4 is 0 Å². The lowest BCUT2D eigenvalue weighted by atomic mass is 9.99. The summed E-state index contributed by atoms with van der Waals surface area (Å²) in [6.45, 7) is 3.45. The second-order valence-corrected chi connectivity index (χ2v) is 5.11. The van der Waals surface area contributed by atoms with E-state index in [-0.39, 0.29) is 12.2 Å². The molecule has 0 aromatic heterocycles. The zero-order chi connectivity index (χ0) is 13.7. The average molecular weight is 264 g/mol. The van der Waals surface area contributed by atoms with Crippen molar-refractivity contribution in [2.24, 2.45) is 5.73 Å². The Morgan fingerprint density at radius 2 is 1.74 bits per heavy atom. The Kier molecular flexibility index (Phi) is 5.34. The molecule has 106 valence electrons. The fourth-order valence-corrected chi connectivity index (χ4v) is 2.77. The van der Waals surface area contributed by atoms with Crippen molar-refractivity contribution in [1.29, 1.82) is 0 Å². The first-order valence-corrected chi connectivity index (χ1v) is 6.81. The molecule has 2 N–H and O–H groups in total. The number of nitrogens with zero attached hydrogens (tertiary/aromatic N) is 1. The molecule has 4 heteroatoms. The van der Waals surface area contributed by atoms with Crippen molar-refractivity contribution in [2.75, 3.05) is 40.4 Å². The molecule has 0 spiro atoms. The molecule has 4 nitrogen and oxygen atoms in total. The van der Waals surface area contributed by atoms with E-state index in [9.17, 15) is 0 Å². The highest BCUT2D eigenvalue weighted by Crippen LogP contribution is 2.21. The van der Waals surface area contributed by atoms with E-state index >= 15 is 0 Å². The maximum atomic E-state index is 5.93. The van der Waals surface area contributed by atoms with Gasteiger partial charge in [-0.15, -0.1) is 0 Å². The second kappa shape index (κ2) is 7.01. The monoisotopic (exact) mass is 264 g/mol. The van der Waals surface area contributed by atoms with Gasteiger partial charge in [0.25, 0.3) is 0 Å². The fraction of sp³-hybridized carbons (Fsp3) is 0.600. The topological polar surface area (TPSA) is 47.7 Å². The minimum absolute atomic E-state index is 0.166. The molecule has 0 saturated carbocycles. The molecule has 0 bridgehead atoms. The Hall–Kier alpha value is -0.940. The van der Waals surface area contributed by atoms with Crippen LogP contribution in [-0.4, -0.2) is 57.5 Å². The SMILES string of the molecule is COC1CN(CC(CN)c2ccccc2)CC1OC. The van der Waals surface area contributed by atoms with E-state index in [1.807, 2.05) is 6.07 Å². The average Bonchev–Trinajstić information content (AvgIpc) is 2.87. The van der Waals surface area contributed by atoms with Gasteiger partial charge in [0.05, 0.1) is 12.2 Å². The third-order valence-electron chi connectivity index (χ3n) is 3.93. The molecule has 19 heavy (non-hydrogen) atoms. The minimum Gasteiger partial charge on any atom is -0.377 e. The van der Waals surface area contributed by atoms with Gasteiger partial charge in [0.2, 0.25) is 0 Å². The lowest BCUT2D eigenvalue weighted by Crippen LogP contribution is -2.31. The number of rotatable bonds is 6. The number of nitrogens with two attached hydrogens (primary N) is 1. The Balaban J connectivity index is 1.97. The molecule has 3 unspecified atom stereocenters. The van der Waals surface area contributed by atoms with E-state index in [1.54, 1.807) is 14.2 Å². The van der Waals surface area contributed by atoms with Gasteiger partial charge in [-0.3, -0.25) is 4.90 Å². The first kappa shape index (κ1) is 14.5. The summed E-state index contributed by atoms with van der Waals surface area (Å²) < 4.78 is 10.9. The summed E-state index contributed by atoms with van der Waals surface area (Å²) in [5.74, 6) is 0.370. The Bertz CT molecular complexity index is 360. The van der Waals surface area contributed by atoms with Gasteiger partial charge < -0.3 is 15.2 Å². The van der Waals surface area contributed by atoms with Crippen LogP contribution in [0.25, 0.3) is 0 Å². The van der Waals surface area contributed by atoms with Crippen molar-refractivity contribution in [3.63, 3.8) is 0 Å². The molecule has 2 rings (SSSR count). The number of methoxy groups -OCH3 is 2. The van der Waals surface area contributed by atoms with Crippen LogP contribution in [-0.2, 0) is 9.47 Å². The molecule has 0 amide bonds. The zero-order valence-corrected chi connectivity index (χ0v) is 11.8. The van der Waals surface area contributed by atoms with Crippen LogP contribution < -0.4 is 5.73 Å². The van der Waals surface area contributed by atoms with Crippen LogP contribution in [0.4, 0.5) is 0 Å². The Labute approximate surface area is 115 Å². The highest BCUT2D eigenvalue weighted by atomic mass is 16.5. The largest absolute Gasteiger partial charge is 0.377 e. The van der Waals surface area contributed by atoms with Crippen molar-refractivity contribution < 1.29 is 9.47 Å². The van der Waals surface area contributed by atoms with Gasteiger partial charge >= 0.3 is 0 Å². The van der Waals surface area contributed by atoms with E-state index in [1.165, 1.54) is 5.56 Å². The molecule has 1 aliphatic rings. The predicted molar refractivity (Wildman–Crippen MR) is 76.3 cm³/mol. The van der Waals surface area contributed by atoms with Crippen molar-refractivity contribution in [2.45, 2.75) is 18.1 Å². The molecule has 1 fully saturated rings. The predicted octanol–water partition coefficient (Wildman–Crippen LogP) is 1.07. The number of likely N-dealkylation sites (tertiary alicyclic amines) is 1. The molecule has 0 radical (unpaired) electrons. The molecule has 3 atom stereocenters. The number of ether oxygens (including phenoxy) is 2. The molecule has 0 aliphatic carbocycles. The van der Waals surface area contributed by atoms with Gasteiger partial charge in [0.1, 0.15) is 0 Å². The van der Waals surface area contributed by atoms with Crippen LogP contribution in [0, 0.1) is 0 Å². The summed E-state index contributed by atoms with van der Waals surface area (Å²) >= 11 is 0. The third kappa shape index (κ3) is 3.54. The smallest absolute Gasteiger partial charge is 0.0971 e. The van der Waals surface area contributed by atoms with Gasteiger partial charge in [-0.25, -0.2) is 0 Å². The molecule has 1 aliphatic heterocycles. The Morgan fingerprint density at radius 1 is 1.16 bits per heavy atom. The quantitative estimate of drug-likeness (QED) is 0.835.